The molecule has 0 aliphatic carbocycles. The lowest BCUT2D eigenvalue weighted by Gasteiger charge is -2.09. The van der Waals surface area contributed by atoms with E-state index >= 15 is 0 Å². The van der Waals surface area contributed by atoms with E-state index in [9.17, 15) is 9.18 Å². The molecule has 4 nitrogen and oxygen atoms in total. The largest absolute Gasteiger partial charge is 0.480 e. The first-order valence-corrected chi connectivity index (χ1v) is 6.51. The van der Waals surface area contributed by atoms with Gasteiger partial charge in [-0.3, -0.25) is 0 Å². The smallest absolute Gasteiger partial charge is 0.344 e. The molecule has 0 unspecified atom stereocenters. The normalized spacial score (nSPS) is 10.2. The predicted molar refractivity (Wildman–Crippen MR) is 77.6 cm³/mol. The van der Waals surface area contributed by atoms with Crippen molar-refractivity contribution in [2.24, 2.45) is 0 Å². The van der Waals surface area contributed by atoms with Crippen molar-refractivity contribution < 1.29 is 18.7 Å². The molecule has 0 aliphatic rings. The molecule has 0 amide bonds. The second-order valence-corrected chi connectivity index (χ2v) is 4.64. The average Bonchev–Trinajstić information content (AvgIpc) is 2.47. The summed E-state index contributed by atoms with van der Waals surface area (Å²) in [6, 6.07) is 11.0. The monoisotopic (exact) mass is 309 g/mol. The summed E-state index contributed by atoms with van der Waals surface area (Å²) >= 11 is 5.56. The lowest BCUT2D eigenvalue weighted by Crippen LogP contribution is -2.15. The summed E-state index contributed by atoms with van der Waals surface area (Å²) in [5.41, 5.74) is 6.61. The molecule has 21 heavy (non-hydrogen) atoms. The molecular formula is C15H13ClFNO3. The summed E-state index contributed by atoms with van der Waals surface area (Å²) in [5.74, 6) is -0.723. The first-order chi connectivity index (χ1) is 10.1. The van der Waals surface area contributed by atoms with E-state index < -0.39 is 11.8 Å². The highest BCUT2D eigenvalue weighted by atomic mass is 35.5. The molecule has 0 bridgehead atoms. The Bertz CT molecular complexity index is 649. The van der Waals surface area contributed by atoms with Crippen LogP contribution >= 0.6 is 11.6 Å². The van der Waals surface area contributed by atoms with Crippen LogP contribution in [-0.4, -0.2) is 12.6 Å². The van der Waals surface area contributed by atoms with Gasteiger partial charge in [0.1, 0.15) is 18.2 Å². The molecule has 0 spiro atoms. The minimum absolute atomic E-state index is 0.0213. The van der Waals surface area contributed by atoms with Crippen LogP contribution < -0.4 is 10.5 Å². The molecule has 0 saturated carbocycles. The maximum atomic E-state index is 13.2. The molecule has 0 fully saturated rings. The Hall–Kier alpha value is -2.27. The van der Waals surface area contributed by atoms with Crippen LogP contribution in [0.5, 0.6) is 5.75 Å². The van der Waals surface area contributed by atoms with Crippen molar-refractivity contribution in [3.8, 4) is 5.75 Å². The maximum absolute atomic E-state index is 13.2. The van der Waals surface area contributed by atoms with Gasteiger partial charge in [-0.15, -0.1) is 0 Å². The Morgan fingerprint density at radius 2 is 2.00 bits per heavy atom. The lowest BCUT2D eigenvalue weighted by atomic mass is 10.2. The number of ether oxygens (including phenoxy) is 2. The van der Waals surface area contributed by atoms with Crippen LogP contribution in [0.4, 0.5) is 10.1 Å². The molecule has 0 radical (unpaired) electrons. The number of hydrogen-bond donors (Lipinski definition) is 1. The lowest BCUT2D eigenvalue weighted by molar-refractivity contribution is -0.147. The number of benzene rings is 2. The number of carbonyl (C=O) groups is 1. The molecule has 0 saturated heterocycles. The number of anilines is 1. The molecule has 0 atom stereocenters. The van der Waals surface area contributed by atoms with Gasteiger partial charge in [0.25, 0.3) is 0 Å². The molecule has 2 aromatic rings. The van der Waals surface area contributed by atoms with Gasteiger partial charge in [-0.2, -0.15) is 0 Å². The minimum Gasteiger partial charge on any atom is -0.480 e. The minimum atomic E-state index is -0.575. The highest BCUT2D eigenvalue weighted by Gasteiger charge is 2.08. The fraction of sp³-hybridized carbons (Fsp3) is 0.133. The summed E-state index contributed by atoms with van der Waals surface area (Å²) in [5, 5.41) is 0.0213. The van der Waals surface area contributed by atoms with Gasteiger partial charge in [-0.1, -0.05) is 29.8 Å². The van der Waals surface area contributed by atoms with Crippen LogP contribution in [0.1, 0.15) is 5.56 Å². The zero-order valence-corrected chi connectivity index (χ0v) is 11.8. The zero-order chi connectivity index (χ0) is 15.2. The van der Waals surface area contributed by atoms with Gasteiger partial charge in [0.15, 0.2) is 6.61 Å². The Kier molecular flexibility index (Phi) is 5.00. The van der Waals surface area contributed by atoms with Gasteiger partial charge in [0.05, 0.1) is 10.7 Å². The van der Waals surface area contributed by atoms with E-state index in [0.29, 0.717) is 17.0 Å². The highest BCUT2D eigenvalue weighted by Crippen LogP contribution is 2.19. The number of nitrogen functional groups attached to an aromatic ring is 1. The molecule has 6 heteroatoms. The SMILES string of the molecule is Nc1ccccc1OCC(=O)OCc1ccc(Cl)c(F)c1. The summed E-state index contributed by atoms with van der Waals surface area (Å²) < 4.78 is 23.4. The van der Waals surface area contributed by atoms with E-state index in [2.05, 4.69) is 0 Å². The van der Waals surface area contributed by atoms with Crippen molar-refractivity contribution in [3.63, 3.8) is 0 Å². The van der Waals surface area contributed by atoms with Gasteiger partial charge in [0.2, 0.25) is 0 Å². The standard InChI is InChI=1S/C15H13ClFNO3/c16-11-6-5-10(7-12(11)17)8-21-15(19)9-20-14-4-2-1-3-13(14)18/h1-7H,8-9,18H2. The molecule has 0 heterocycles. The van der Waals surface area contributed by atoms with Crippen molar-refractivity contribution in [2.75, 3.05) is 12.3 Å². The summed E-state index contributed by atoms with van der Waals surface area (Å²) in [7, 11) is 0. The summed E-state index contributed by atoms with van der Waals surface area (Å²) in [6.07, 6.45) is 0. The highest BCUT2D eigenvalue weighted by molar-refractivity contribution is 6.30. The molecular weight excluding hydrogens is 297 g/mol. The number of esters is 1. The van der Waals surface area contributed by atoms with E-state index in [4.69, 9.17) is 26.8 Å². The first kappa shape index (κ1) is 15.1. The number of rotatable bonds is 5. The van der Waals surface area contributed by atoms with Crippen molar-refractivity contribution in [2.45, 2.75) is 6.61 Å². The summed E-state index contributed by atoms with van der Waals surface area (Å²) in [4.78, 5) is 11.5. The van der Waals surface area contributed by atoms with Crippen LogP contribution in [-0.2, 0) is 16.1 Å². The third-order valence-electron chi connectivity index (χ3n) is 2.65. The number of para-hydroxylation sites is 2. The number of carbonyl (C=O) groups excluding carboxylic acids is 1. The number of nitrogens with two attached hydrogens (primary N) is 1. The number of halogens is 2. The molecule has 110 valence electrons. The number of hydrogen-bond acceptors (Lipinski definition) is 4. The first-order valence-electron chi connectivity index (χ1n) is 6.13. The third kappa shape index (κ3) is 4.36. The van der Waals surface area contributed by atoms with Crippen LogP contribution in [0.15, 0.2) is 42.5 Å². The van der Waals surface area contributed by atoms with Crippen LogP contribution in [0.3, 0.4) is 0 Å². The van der Waals surface area contributed by atoms with Crippen LogP contribution in [0.2, 0.25) is 5.02 Å². The fourth-order valence-electron chi connectivity index (χ4n) is 1.58. The topological polar surface area (TPSA) is 61.5 Å². The molecule has 2 N–H and O–H groups in total. The van der Waals surface area contributed by atoms with Crippen LogP contribution in [0.25, 0.3) is 0 Å². The van der Waals surface area contributed by atoms with Crippen molar-refractivity contribution in [1.82, 2.24) is 0 Å². The van der Waals surface area contributed by atoms with Crippen molar-refractivity contribution in [3.05, 3.63) is 58.9 Å². The summed E-state index contributed by atoms with van der Waals surface area (Å²) in [6.45, 7) is -0.329. The maximum Gasteiger partial charge on any atom is 0.344 e. The molecule has 2 aromatic carbocycles. The van der Waals surface area contributed by atoms with E-state index in [-0.39, 0.29) is 18.2 Å². The predicted octanol–water partition coefficient (Wildman–Crippen LogP) is 3.18. The molecule has 2 rings (SSSR count). The van der Waals surface area contributed by atoms with Gasteiger partial charge in [-0.25, -0.2) is 9.18 Å². The van der Waals surface area contributed by atoms with Crippen molar-refractivity contribution in [1.29, 1.82) is 0 Å². The Labute approximate surface area is 126 Å². The van der Waals surface area contributed by atoms with E-state index in [0.717, 1.165) is 0 Å². The van der Waals surface area contributed by atoms with Crippen molar-refractivity contribution >= 4 is 23.3 Å². The Morgan fingerprint density at radius 1 is 1.24 bits per heavy atom. The zero-order valence-electron chi connectivity index (χ0n) is 11.0. The second-order valence-electron chi connectivity index (χ2n) is 4.24. The molecule has 0 aromatic heterocycles. The molecule has 0 aliphatic heterocycles. The average molecular weight is 310 g/mol. The van der Waals surface area contributed by atoms with Gasteiger partial charge < -0.3 is 15.2 Å². The van der Waals surface area contributed by atoms with Crippen LogP contribution in [0, 0.1) is 5.82 Å². The second kappa shape index (κ2) is 6.95. The fourth-order valence-corrected chi connectivity index (χ4v) is 1.70. The van der Waals surface area contributed by atoms with E-state index in [1.807, 2.05) is 0 Å². The Balaban J connectivity index is 1.82. The van der Waals surface area contributed by atoms with E-state index in [1.54, 1.807) is 30.3 Å². The third-order valence-corrected chi connectivity index (χ3v) is 2.95. The van der Waals surface area contributed by atoms with E-state index in [1.165, 1.54) is 12.1 Å². The Morgan fingerprint density at radius 3 is 2.71 bits per heavy atom. The van der Waals surface area contributed by atoms with Gasteiger partial charge >= 0.3 is 5.97 Å². The quantitative estimate of drug-likeness (QED) is 0.680. The van der Waals surface area contributed by atoms with Gasteiger partial charge in [-0.05, 0) is 29.8 Å². The van der Waals surface area contributed by atoms with Gasteiger partial charge in [0, 0.05) is 0 Å².